The molecule has 1 aromatic heterocycles. The van der Waals surface area contributed by atoms with E-state index in [9.17, 15) is 9.59 Å². The molecule has 1 aliphatic heterocycles. The molecule has 136 valence electrons. The lowest BCUT2D eigenvalue weighted by Gasteiger charge is -2.37. The van der Waals surface area contributed by atoms with Crippen molar-refractivity contribution in [3.05, 3.63) is 35.3 Å². The van der Waals surface area contributed by atoms with Crippen LogP contribution in [-0.2, 0) is 16.0 Å². The number of aromatic nitrogens is 2. The highest BCUT2D eigenvalue weighted by atomic mass is 32.1. The molecule has 0 spiro atoms. The number of nitrogens with zero attached hydrogens (tertiary/aromatic N) is 4. The Morgan fingerprint density at radius 2 is 1.77 bits per heavy atom. The average Bonchev–Trinajstić information content (AvgIpc) is 3.36. The van der Waals surface area contributed by atoms with Crippen LogP contribution in [0.5, 0.6) is 0 Å². The molecule has 2 heterocycles. The first-order chi connectivity index (χ1) is 12.7. The summed E-state index contributed by atoms with van der Waals surface area (Å²) in [5.74, 6) is -0.693. The third-order valence-electron chi connectivity index (χ3n) is 5.19. The van der Waals surface area contributed by atoms with Gasteiger partial charge in [-0.25, -0.2) is 0 Å². The van der Waals surface area contributed by atoms with Gasteiger partial charge < -0.3 is 9.80 Å². The van der Waals surface area contributed by atoms with Gasteiger partial charge in [-0.15, -0.1) is 10.2 Å². The fourth-order valence-corrected chi connectivity index (χ4v) is 4.58. The second-order valence-corrected chi connectivity index (χ2v) is 7.91. The molecule has 2 amide bonds. The molecule has 2 fully saturated rings. The van der Waals surface area contributed by atoms with Crippen LogP contribution in [0.3, 0.4) is 0 Å². The van der Waals surface area contributed by atoms with Crippen molar-refractivity contribution in [2.45, 2.75) is 38.1 Å². The summed E-state index contributed by atoms with van der Waals surface area (Å²) >= 11 is 1.54. The van der Waals surface area contributed by atoms with Gasteiger partial charge in [0.1, 0.15) is 10.0 Å². The predicted octanol–water partition coefficient (Wildman–Crippen LogP) is 2.36. The topological polar surface area (TPSA) is 66.4 Å². The molecule has 0 atom stereocenters. The van der Waals surface area contributed by atoms with E-state index >= 15 is 0 Å². The molecular formula is C19H22N4O2S. The van der Waals surface area contributed by atoms with E-state index in [2.05, 4.69) is 10.2 Å². The van der Waals surface area contributed by atoms with Crippen molar-refractivity contribution in [1.29, 1.82) is 0 Å². The minimum absolute atomic E-state index is 0.269. The smallest absolute Gasteiger partial charge is 0.312 e. The molecule has 2 aromatic rings. The monoisotopic (exact) mass is 370 g/mol. The maximum Gasteiger partial charge on any atom is 0.312 e. The highest BCUT2D eigenvalue weighted by Gasteiger charge is 2.37. The minimum Gasteiger partial charge on any atom is -0.332 e. The van der Waals surface area contributed by atoms with Crippen molar-refractivity contribution in [3.8, 4) is 10.6 Å². The normalized spacial score (nSPS) is 18.8. The van der Waals surface area contributed by atoms with Gasteiger partial charge in [-0.05, 0) is 12.8 Å². The first-order valence-corrected chi connectivity index (χ1v) is 10.0. The largest absolute Gasteiger partial charge is 0.332 e. The molecule has 1 aromatic carbocycles. The van der Waals surface area contributed by atoms with Crippen molar-refractivity contribution in [2.75, 3.05) is 19.6 Å². The van der Waals surface area contributed by atoms with E-state index in [0.29, 0.717) is 26.1 Å². The molecule has 1 aliphatic carbocycles. The second-order valence-electron chi connectivity index (χ2n) is 6.85. The van der Waals surface area contributed by atoms with Crippen molar-refractivity contribution in [3.63, 3.8) is 0 Å². The molecule has 1 saturated heterocycles. The number of hydrogen-bond acceptors (Lipinski definition) is 5. The van der Waals surface area contributed by atoms with E-state index in [1.54, 1.807) is 21.1 Å². The van der Waals surface area contributed by atoms with Gasteiger partial charge in [0, 0.05) is 37.7 Å². The Bertz CT molecular complexity index is 786. The molecule has 0 radical (unpaired) electrons. The maximum atomic E-state index is 12.4. The standard InChI is InChI=1S/C19H22N4O2S/c24-18-19(25)23(15-8-4-5-9-15)13-12-22(18)11-10-16-20-21-17(26-16)14-6-2-1-3-7-14/h1-3,6-7,15H,4-5,8-13H2. The number of amides is 2. The molecule has 0 N–H and O–H groups in total. The zero-order valence-electron chi connectivity index (χ0n) is 14.6. The number of rotatable bonds is 5. The fraction of sp³-hybridized carbons (Fsp3) is 0.474. The summed E-state index contributed by atoms with van der Waals surface area (Å²) in [5.41, 5.74) is 1.05. The quantitative estimate of drug-likeness (QED) is 0.758. The van der Waals surface area contributed by atoms with Crippen LogP contribution < -0.4 is 0 Å². The third-order valence-corrected chi connectivity index (χ3v) is 6.22. The Hall–Kier alpha value is -2.28. The van der Waals surface area contributed by atoms with Crippen LogP contribution >= 0.6 is 11.3 Å². The van der Waals surface area contributed by atoms with E-state index in [1.807, 2.05) is 30.3 Å². The van der Waals surface area contributed by atoms with Crippen molar-refractivity contribution in [1.82, 2.24) is 20.0 Å². The first-order valence-electron chi connectivity index (χ1n) is 9.20. The minimum atomic E-state index is -0.365. The molecular weight excluding hydrogens is 348 g/mol. The molecule has 6 nitrogen and oxygen atoms in total. The number of benzene rings is 1. The molecule has 4 rings (SSSR count). The third kappa shape index (κ3) is 3.49. The van der Waals surface area contributed by atoms with E-state index in [4.69, 9.17) is 0 Å². The number of piperazine rings is 1. The van der Waals surface area contributed by atoms with E-state index in [0.717, 1.165) is 41.3 Å². The van der Waals surface area contributed by atoms with Crippen LogP contribution in [0, 0.1) is 0 Å². The average molecular weight is 370 g/mol. The first kappa shape index (κ1) is 17.1. The molecule has 1 saturated carbocycles. The summed E-state index contributed by atoms with van der Waals surface area (Å²) < 4.78 is 0. The summed E-state index contributed by atoms with van der Waals surface area (Å²) in [6, 6.07) is 10.2. The summed E-state index contributed by atoms with van der Waals surface area (Å²) in [7, 11) is 0. The Morgan fingerprint density at radius 3 is 2.54 bits per heavy atom. The lowest BCUT2D eigenvalue weighted by atomic mass is 10.1. The van der Waals surface area contributed by atoms with Gasteiger partial charge in [0.2, 0.25) is 0 Å². The van der Waals surface area contributed by atoms with Crippen LogP contribution in [0.25, 0.3) is 10.6 Å². The Labute approximate surface area is 156 Å². The van der Waals surface area contributed by atoms with Crippen LogP contribution in [0.4, 0.5) is 0 Å². The molecule has 2 aliphatic rings. The number of carbonyl (C=O) groups is 2. The van der Waals surface area contributed by atoms with Crippen LogP contribution in [0.2, 0.25) is 0 Å². The number of carbonyl (C=O) groups excluding carboxylic acids is 2. The van der Waals surface area contributed by atoms with E-state index in [1.165, 1.54) is 0 Å². The maximum absolute atomic E-state index is 12.4. The van der Waals surface area contributed by atoms with Gasteiger partial charge in [-0.3, -0.25) is 9.59 Å². The van der Waals surface area contributed by atoms with Gasteiger partial charge >= 0.3 is 11.8 Å². The van der Waals surface area contributed by atoms with Crippen LogP contribution in [0.1, 0.15) is 30.7 Å². The van der Waals surface area contributed by atoms with E-state index < -0.39 is 0 Å². The van der Waals surface area contributed by atoms with Gasteiger partial charge in [-0.2, -0.15) is 0 Å². The highest BCUT2D eigenvalue weighted by Crippen LogP contribution is 2.26. The summed E-state index contributed by atoms with van der Waals surface area (Å²) in [6.45, 7) is 1.79. The zero-order chi connectivity index (χ0) is 17.9. The SMILES string of the molecule is O=C1C(=O)N(C2CCCC2)CCN1CCc1nnc(-c2ccccc2)s1. The van der Waals surface area contributed by atoms with Crippen molar-refractivity contribution < 1.29 is 9.59 Å². The summed E-state index contributed by atoms with van der Waals surface area (Å²) in [6.07, 6.45) is 5.02. The van der Waals surface area contributed by atoms with Crippen LogP contribution in [0.15, 0.2) is 30.3 Å². The molecule has 26 heavy (non-hydrogen) atoms. The molecule has 0 bridgehead atoms. The van der Waals surface area contributed by atoms with Crippen LogP contribution in [-0.4, -0.2) is 57.5 Å². The van der Waals surface area contributed by atoms with Gasteiger partial charge in [0.15, 0.2) is 0 Å². The second kappa shape index (κ2) is 7.53. The zero-order valence-corrected chi connectivity index (χ0v) is 15.5. The fourth-order valence-electron chi connectivity index (χ4n) is 3.75. The highest BCUT2D eigenvalue weighted by molar-refractivity contribution is 7.14. The summed E-state index contributed by atoms with van der Waals surface area (Å²) in [4.78, 5) is 28.3. The predicted molar refractivity (Wildman–Crippen MR) is 99.6 cm³/mol. The van der Waals surface area contributed by atoms with Crippen molar-refractivity contribution >= 4 is 23.2 Å². The lowest BCUT2D eigenvalue weighted by molar-refractivity contribution is -0.157. The number of hydrogen-bond donors (Lipinski definition) is 0. The Kier molecular flexibility index (Phi) is 4.97. The van der Waals surface area contributed by atoms with E-state index in [-0.39, 0.29) is 17.9 Å². The van der Waals surface area contributed by atoms with Crippen molar-refractivity contribution in [2.24, 2.45) is 0 Å². The summed E-state index contributed by atoms with van der Waals surface area (Å²) in [5, 5.41) is 10.2. The van der Waals surface area contributed by atoms with Gasteiger partial charge in [0.05, 0.1) is 0 Å². The lowest BCUT2D eigenvalue weighted by Crippen LogP contribution is -2.57. The molecule has 7 heteroatoms. The Morgan fingerprint density at radius 1 is 1.00 bits per heavy atom. The van der Waals surface area contributed by atoms with Gasteiger partial charge in [0.25, 0.3) is 0 Å². The van der Waals surface area contributed by atoms with Gasteiger partial charge in [-0.1, -0.05) is 54.5 Å². The Balaban J connectivity index is 1.35. The molecule has 0 unspecified atom stereocenters.